The molecule has 0 aliphatic rings. The Hall–Kier alpha value is -3.02. The lowest BCUT2D eigenvalue weighted by atomic mass is 10.1. The second-order valence-electron chi connectivity index (χ2n) is 5.04. The summed E-state index contributed by atoms with van der Waals surface area (Å²) in [5.41, 5.74) is 1.80. The topological polar surface area (TPSA) is 73.9 Å². The average Bonchev–Trinajstić information content (AvgIpc) is 2.60. The number of ether oxygens (including phenoxy) is 3. The molecule has 0 saturated heterocycles. The monoisotopic (exact) mass is 329 g/mol. The lowest BCUT2D eigenvalue weighted by molar-refractivity contribution is -0.119. The van der Waals surface area contributed by atoms with Crippen molar-refractivity contribution in [1.82, 2.24) is 0 Å². The van der Waals surface area contributed by atoms with E-state index in [4.69, 9.17) is 14.2 Å². The number of hydrogen-bond acceptors (Lipinski definition) is 5. The minimum absolute atomic E-state index is 0.326. The smallest absolute Gasteiger partial charge is 0.338 e. The Balaban J connectivity index is 1.92. The largest absolute Gasteiger partial charge is 0.497 e. The molecule has 0 radical (unpaired) electrons. The fourth-order valence-electron chi connectivity index (χ4n) is 2.06. The van der Waals surface area contributed by atoms with Gasteiger partial charge in [0.2, 0.25) is 0 Å². The quantitative estimate of drug-likeness (QED) is 0.825. The summed E-state index contributed by atoms with van der Waals surface area (Å²) in [6.07, 6.45) is 0. The summed E-state index contributed by atoms with van der Waals surface area (Å²) in [7, 11) is 3.07. The SMILES string of the molecule is COc1cccc(NC(=O)COC(=O)c2ccc(C)c(OC)c2)c1. The molecule has 0 bridgehead atoms. The van der Waals surface area contributed by atoms with Gasteiger partial charge in [0.25, 0.3) is 5.91 Å². The molecule has 1 amide bonds. The van der Waals surface area contributed by atoms with Gasteiger partial charge >= 0.3 is 5.97 Å². The van der Waals surface area contributed by atoms with Crippen molar-refractivity contribution < 1.29 is 23.8 Å². The summed E-state index contributed by atoms with van der Waals surface area (Å²) in [5.74, 6) is 0.187. The van der Waals surface area contributed by atoms with E-state index in [1.807, 2.05) is 6.92 Å². The lowest BCUT2D eigenvalue weighted by Gasteiger charge is -2.09. The van der Waals surface area contributed by atoms with E-state index in [0.29, 0.717) is 22.7 Å². The number of rotatable bonds is 6. The Morgan fingerprint density at radius 1 is 1.04 bits per heavy atom. The van der Waals surface area contributed by atoms with E-state index in [0.717, 1.165) is 5.56 Å². The van der Waals surface area contributed by atoms with Gasteiger partial charge in [0.15, 0.2) is 6.61 Å². The number of esters is 1. The van der Waals surface area contributed by atoms with Crippen LogP contribution in [0.25, 0.3) is 0 Å². The van der Waals surface area contributed by atoms with Crippen LogP contribution in [-0.2, 0) is 9.53 Å². The molecule has 0 aliphatic carbocycles. The number of carbonyl (C=O) groups excluding carboxylic acids is 2. The van der Waals surface area contributed by atoms with Gasteiger partial charge in [0, 0.05) is 11.8 Å². The molecule has 6 heteroatoms. The molecule has 6 nitrogen and oxygen atoms in total. The Kier molecular flexibility index (Phi) is 5.78. The Morgan fingerprint density at radius 3 is 2.54 bits per heavy atom. The maximum absolute atomic E-state index is 12.0. The van der Waals surface area contributed by atoms with Crippen LogP contribution in [0.3, 0.4) is 0 Å². The molecule has 0 unspecified atom stereocenters. The molecule has 1 N–H and O–H groups in total. The zero-order valence-electron chi connectivity index (χ0n) is 13.8. The number of benzene rings is 2. The number of amides is 1. The minimum Gasteiger partial charge on any atom is -0.497 e. The number of carbonyl (C=O) groups is 2. The van der Waals surface area contributed by atoms with Crippen molar-refractivity contribution in [3.8, 4) is 11.5 Å². The van der Waals surface area contributed by atoms with Crippen molar-refractivity contribution >= 4 is 17.6 Å². The van der Waals surface area contributed by atoms with Gasteiger partial charge in [-0.05, 0) is 36.8 Å². The number of anilines is 1. The van der Waals surface area contributed by atoms with Gasteiger partial charge in [0.05, 0.1) is 19.8 Å². The van der Waals surface area contributed by atoms with E-state index >= 15 is 0 Å². The summed E-state index contributed by atoms with van der Waals surface area (Å²) >= 11 is 0. The van der Waals surface area contributed by atoms with Crippen LogP contribution < -0.4 is 14.8 Å². The van der Waals surface area contributed by atoms with Crippen LogP contribution in [0.5, 0.6) is 11.5 Å². The zero-order valence-corrected chi connectivity index (χ0v) is 13.8. The molecule has 0 fully saturated rings. The van der Waals surface area contributed by atoms with Gasteiger partial charge in [-0.1, -0.05) is 12.1 Å². The molecule has 0 heterocycles. The highest BCUT2D eigenvalue weighted by Gasteiger charge is 2.12. The summed E-state index contributed by atoms with van der Waals surface area (Å²) < 4.78 is 15.3. The molecule has 0 spiro atoms. The summed E-state index contributed by atoms with van der Waals surface area (Å²) in [6, 6.07) is 11.9. The highest BCUT2D eigenvalue weighted by atomic mass is 16.5. The van der Waals surface area contributed by atoms with Crippen LogP contribution >= 0.6 is 0 Å². The van der Waals surface area contributed by atoms with Gasteiger partial charge in [-0.25, -0.2) is 4.79 Å². The molecule has 126 valence electrons. The highest BCUT2D eigenvalue weighted by Crippen LogP contribution is 2.19. The summed E-state index contributed by atoms with van der Waals surface area (Å²) in [5, 5.41) is 2.63. The van der Waals surface area contributed by atoms with Gasteiger partial charge in [-0.15, -0.1) is 0 Å². The van der Waals surface area contributed by atoms with E-state index in [1.54, 1.807) is 49.6 Å². The molecule has 0 atom stereocenters. The fourth-order valence-corrected chi connectivity index (χ4v) is 2.06. The molecular weight excluding hydrogens is 310 g/mol. The fraction of sp³-hybridized carbons (Fsp3) is 0.222. The van der Waals surface area contributed by atoms with E-state index in [9.17, 15) is 9.59 Å². The second-order valence-corrected chi connectivity index (χ2v) is 5.04. The van der Waals surface area contributed by atoms with Crippen LogP contribution in [-0.4, -0.2) is 32.7 Å². The van der Waals surface area contributed by atoms with E-state index < -0.39 is 11.9 Å². The van der Waals surface area contributed by atoms with Crippen molar-refractivity contribution in [3.63, 3.8) is 0 Å². The van der Waals surface area contributed by atoms with Crippen molar-refractivity contribution in [2.45, 2.75) is 6.92 Å². The van der Waals surface area contributed by atoms with Crippen LogP contribution in [0.4, 0.5) is 5.69 Å². The van der Waals surface area contributed by atoms with Crippen molar-refractivity contribution in [2.75, 3.05) is 26.1 Å². The van der Waals surface area contributed by atoms with Gasteiger partial charge in [-0.3, -0.25) is 4.79 Å². The maximum Gasteiger partial charge on any atom is 0.338 e. The first-order valence-corrected chi connectivity index (χ1v) is 7.29. The molecule has 2 aromatic carbocycles. The number of nitrogens with one attached hydrogen (secondary N) is 1. The zero-order chi connectivity index (χ0) is 17.5. The Morgan fingerprint density at radius 2 is 1.83 bits per heavy atom. The third-order valence-corrected chi connectivity index (χ3v) is 3.33. The van der Waals surface area contributed by atoms with E-state index in [2.05, 4.69) is 5.32 Å². The number of aryl methyl sites for hydroxylation is 1. The van der Waals surface area contributed by atoms with Gasteiger partial charge < -0.3 is 19.5 Å². The Bertz CT molecular complexity index is 742. The molecule has 0 aromatic heterocycles. The molecule has 2 aromatic rings. The van der Waals surface area contributed by atoms with Crippen LogP contribution in [0, 0.1) is 6.92 Å². The lowest BCUT2D eigenvalue weighted by Crippen LogP contribution is -2.21. The van der Waals surface area contributed by atoms with E-state index in [1.165, 1.54) is 7.11 Å². The predicted octanol–water partition coefficient (Wildman–Crippen LogP) is 2.81. The second kappa shape index (κ2) is 8.01. The maximum atomic E-state index is 12.0. The third-order valence-electron chi connectivity index (χ3n) is 3.33. The first-order valence-electron chi connectivity index (χ1n) is 7.29. The van der Waals surface area contributed by atoms with Crippen molar-refractivity contribution in [2.24, 2.45) is 0 Å². The van der Waals surface area contributed by atoms with E-state index in [-0.39, 0.29) is 6.61 Å². The predicted molar refractivity (Wildman–Crippen MR) is 89.6 cm³/mol. The first kappa shape index (κ1) is 17.3. The molecule has 0 aliphatic heterocycles. The minimum atomic E-state index is -0.589. The van der Waals surface area contributed by atoms with Crippen LogP contribution in [0.15, 0.2) is 42.5 Å². The van der Waals surface area contributed by atoms with Crippen molar-refractivity contribution in [3.05, 3.63) is 53.6 Å². The summed E-state index contributed by atoms with van der Waals surface area (Å²) in [6.45, 7) is 1.49. The van der Waals surface area contributed by atoms with Crippen molar-refractivity contribution in [1.29, 1.82) is 0 Å². The summed E-state index contributed by atoms with van der Waals surface area (Å²) in [4.78, 5) is 23.9. The highest BCUT2D eigenvalue weighted by molar-refractivity contribution is 5.95. The number of methoxy groups -OCH3 is 2. The van der Waals surface area contributed by atoms with Gasteiger partial charge in [0.1, 0.15) is 11.5 Å². The first-order chi connectivity index (χ1) is 11.5. The number of hydrogen-bond donors (Lipinski definition) is 1. The average molecular weight is 329 g/mol. The van der Waals surface area contributed by atoms with Gasteiger partial charge in [-0.2, -0.15) is 0 Å². The molecule has 24 heavy (non-hydrogen) atoms. The van der Waals surface area contributed by atoms with Crippen LogP contribution in [0.1, 0.15) is 15.9 Å². The normalized spacial score (nSPS) is 9.96. The molecular formula is C18H19NO5. The Labute approximate surface area is 140 Å². The molecule has 0 saturated carbocycles. The van der Waals surface area contributed by atoms with Crippen LogP contribution in [0.2, 0.25) is 0 Å². The third kappa shape index (κ3) is 4.49. The standard InChI is InChI=1S/C18H19NO5/c1-12-7-8-13(9-16(12)23-3)18(21)24-11-17(20)19-14-5-4-6-15(10-14)22-2/h4-10H,11H2,1-3H3,(H,19,20). The molecule has 2 rings (SSSR count).